The Morgan fingerprint density at radius 1 is 1.18 bits per heavy atom. The smallest absolute Gasteiger partial charge is 0.417 e. The Morgan fingerprint density at radius 3 is 2.61 bits per heavy atom. The molecule has 0 unspecified atom stereocenters. The van der Waals surface area contributed by atoms with Crippen molar-refractivity contribution in [2.24, 2.45) is 16.9 Å². The lowest BCUT2D eigenvalue weighted by Crippen LogP contribution is -2.43. The minimum absolute atomic E-state index is 0.0944. The van der Waals surface area contributed by atoms with Crippen LogP contribution in [0.4, 0.5) is 18.9 Å². The molecule has 0 radical (unpaired) electrons. The number of hydrogen-bond donors (Lipinski definition) is 1. The van der Waals surface area contributed by atoms with Gasteiger partial charge in [0.1, 0.15) is 5.75 Å². The number of hydrogen-bond acceptors (Lipinski definition) is 5. The molecule has 1 saturated carbocycles. The summed E-state index contributed by atoms with van der Waals surface area (Å²) in [5.74, 6) is -0.571. The van der Waals surface area contributed by atoms with Crippen LogP contribution < -0.4 is 9.75 Å². The van der Waals surface area contributed by atoms with Crippen LogP contribution in [0.15, 0.2) is 41.5 Å². The first-order valence-electron chi connectivity index (χ1n) is 10.8. The largest absolute Gasteiger partial charge is 0.492 e. The van der Waals surface area contributed by atoms with Crippen LogP contribution >= 0.6 is 0 Å². The van der Waals surface area contributed by atoms with Gasteiger partial charge in [0.25, 0.3) is 0 Å². The summed E-state index contributed by atoms with van der Waals surface area (Å²) in [6.45, 7) is 0.273. The lowest BCUT2D eigenvalue weighted by molar-refractivity contribution is -0.137. The van der Waals surface area contributed by atoms with Gasteiger partial charge in [0.15, 0.2) is 0 Å². The molecule has 2 atom stereocenters. The number of alkyl halides is 3. The number of anilines is 1. The zero-order valence-corrected chi connectivity index (χ0v) is 17.5. The first-order chi connectivity index (χ1) is 15.8. The second kappa shape index (κ2) is 7.80. The van der Waals surface area contributed by atoms with Crippen molar-refractivity contribution in [2.45, 2.75) is 37.9 Å². The molecule has 1 aliphatic carbocycles. The van der Waals surface area contributed by atoms with Crippen molar-refractivity contribution < 1.29 is 27.8 Å². The van der Waals surface area contributed by atoms with E-state index in [0.717, 1.165) is 31.7 Å². The van der Waals surface area contributed by atoms with Crippen LogP contribution in [0.1, 0.15) is 52.7 Å². The minimum Gasteiger partial charge on any atom is -0.492 e. The first kappa shape index (κ1) is 21.3. The number of hydrazone groups is 1. The van der Waals surface area contributed by atoms with Crippen LogP contribution in [-0.4, -0.2) is 29.4 Å². The Morgan fingerprint density at radius 2 is 1.94 bits per heavy atom. The highest BCUT2D eigenvalue weighted by Gasteiger charge is 2.47. The van der Waals surface area contributed by atoms with Crippen LogP contribution in [0.2, 0.25) is 0 Å². The highest BCUT2D eigenvalue weighted by molar-refractivity contribution is 6.08. The third-order valence-corrected chi connectivity index (χ3v) is 6.76. The highest BCUT2D eigenvalue weighted by Crippen LogP contribution is 2.45. The number of ether oxygens (including phenoxy) is 1. The van der Waals surface area contributed by atoms with Gasteiger partial charge in [-0.2, -0.15) is 23.5 Å². The maximum Gasteiger partial charge on any atom is 0.417 e. The quantitative estimate of drug-likeness (QED) is 0.699. The Labute approximate surface area is 187 Å². The second-order valence-corrected chi connectivity index (χ2v) is 8.64. The Balaban J connectivity index is 1.61. The topological polar surface area (TPSA) is 85.9 Å². The zero-order chi connectivity index (χ0) is 23.3. The Bertz CT molecular complexity index is 1200. The van der Waals surface area contributed by atoms with Crippen LogP contribution in [-0.2, 0) is 6.18 Å². The predicted octanol–water partition coefficient (Wildman–Crippen LogP) is 5.07. The normalized spacial score (nSPS) is 22.2. The van der Waals surface area contributed by atoms with E-state index >= 15 is 0 Å². The van der Waals surface area contributed by atoms with Gasteiger partial charge in [-0.1, -0.05) is 12.8 Å². The van der Waals surface area contributed by atoms with E-state index in [1.165, 1.54) is 24.3 Å². The summed E-state index contributed by atoms with van der Waals surface area (Å²) in [6.07, 6.45) is -0.650. The van der Waals surface area contributed by atoms with Gasteiger partial charge in [0.05, 0.1) is 52.7 Å². The molecule has 0 amide bonds. The van der Waals surface area contributed by atoms with E-state index < -0.39 is 23.3 Å². The van der Waals surface area contributed by atoms with Crippen molar-refractivity contribution in [3.63, 3.8) is 0 Å². The SMILES string of the molecule is N#Cc1ccc(N2N=C3c4ccc(C(=O)O)cc4OC[C@H]3[C@@H]2C2CCCC2)cc1C(F)(F)F. The van der Waals surface area contributed by atoms with Gasteiger partial charge in [0.2, 0.25) is 0 Å². The average Bonchev–Trinajstić information content (AvgIpc) is 3.45. The predicted molar refractivity (Wildman–Crippen MR) is 113 cm³/mol. The molecule has 33 heavy (non-hydrogen) atoms. The third kappa shape index (κ3) is 3.59. The molecule has 2 aromatic rings. The molecule has 3 aliphatic rings. The lowest BCUT2D eigenvalue weighted by atomic mass is 9.81. The second-order valence-electron chi connectivity index (χ2n) is 8.64. The molecular weight excluding hydrogens is 435 g/mol. The molecule has 2 aliphatic heterocycles. The molecule has 2 aromatic carbocycles. The van der Waals surface area contributed by atoms with Crippen molar-refractivity contribution >= 4 is 17.4 Å². The van der Waals surface area contributed by atoms with Crippen molar-refractivity contribution in [1.82, 2.24) is 0 Å². The summed E-state index contributed by atoms with van der Waals surface area (Å²) in [5, 5.41) is 24.9. The summed E-state index contributed by atoms with van der Waals surface area (Å²) in [7, 11) is 0. The van der Waals surface area contributed by atoms with Crippen molar-refractivity contribution in [2.75, 3.05) is 11.6 Å². The van der Waals surface area contributed by atoms with E-state index in [1.807, 2.05) is 0 Å². The third-order valence-electron chi connectivity index (χ3n) is 6.76. The van der Waals surface area contributed by atoms with Gasteiger partial charge in [0, 0.05) is 5.56 Å². The molecule has 0 bridgehead atoms. The Hall–Kier alpha value is -3.54. The number of fused-ring (bicyclic) bond motifs is 3. The molecule has 6 nitrogen and oxygen atoms in total. The Kier molecular flexibility index (Phi) is 5.04. The lowest BCUT2D eigenvalue weighted by Gasteiger charge is -2.34. The average molecular weight is 455 g/mol. The molecule has 1 N–H and O–H groups in total. The standard InChI is InChI=1S/C24H20F3N3O3/c25-24(26,27)19-10-16(7-5-15(19)11-28)30-22(13-3-1-2-4-13)18-12-33-20-9-14(23(31)32)6-8-17(20)21(18)29-30/h5-10,13,18,22H,1-4,12H2,(H,31,32)/t18-,22+/m1/s1. The van der Waals surface area contributed by atoms with E-state index in [1.54, 1.807) is 17.1 Å². The fourth-order valence-corrected chi connectivity index (χ4v) is 5.25. The zero-order valence-electron chi connectivity index (χ0n) is 17.5. The molecule has 1 fully saturated rings. The van der Waals surface area contributed by atoms with Crippen LogP contribution in [0, 0.1) is 23.2 Å². The maximum absolute atomic E-state index is 13.6. The number of carboxylic acid groups (broad SMARTS) is 1. The number of halogens is 3. The van der Waals surface area contributed by atoms with Gasteiger partial charge < -0.3 is 9.84 Å². The van der Waals surface area contributed by atoms with Crippen molar-refractivity contribution in [3.05, 3.63) is 58.7 Å². The molecule has 2 heterocycles. The first-order valence-corrected chi connectivity index (χ1v) is 10.8. The summed E-state index contributed by atoms with van der Waals surface area (Å²) < 4.78 is 46.8. The highest BCUT2D eigenvalue weighted by atomic mass is 19.4. The maximum atomic E-state index is 13.6. The van der Waals surface area contributed by atoms with E-state index in [0.29, 0.717) is 17.0 Å². The summed E-state index contributed by atoms with van der Waals surface area (Å²) >= 11 is 0. The summed E-state index contributed by atoms with van der Waals surface area (Å²) in [6, 6.07) is 9.72. The van der Waals surface area contributed by atoms with Crippen molar-refractivity contribution in [1.29, 1.82) is 5.26 Å². The molecule has 5 rings (SSSR count). The molecule has 0 saturated heterocycles. The van der Waals surface area contributed by atoms with Crippen LogP contribution in [0.5, 0.6) is 5.75 Å². The molecule has 0 aromatic heterocycles. The molecule has 9 heteroatoms. The monoisotopic (exact) mass is 455 g/mol. The number of rotatable bonds is 3. The number of carbonyl (C=O) groups is 1. The summed E-state index contributed by atoms with van der Waals surface area (Å²) in [5.41, 5.74) is 0.323. The minimum atomic E-state index is -4.66. The number of benzene rings is 2. The van der Waals surface area contributed by atoms with Crippen LogP contribution in [0.3, 0.4) is 0 Å². The molecule has 0 spiro atoms. The van der Waals surface area contributed by atoms with E-state index in [-0.39, 0.29) is 35.7 Å². The fourth-order valence-electron chi connectivity index (χ4n) is 5.25. The molecular formula is C24H20F3N3O3. The number of aromatic carboxylic acids is 1. The van der Waals surface area contributed by atoms with Crippen molar-refractivity contribution in [3.8, 4) is 11.8 Å². The van der Waals surface area contributed by atoms with E-state index in [4.69, 9.17) is 15.1 Å². The van der Waals surface area contributed by atoms with Crippen LogP contribution in [0.25, 0.3) is 0 Å². The van der Waals surface area contributed by atoms with Gasteiger partial charge in [-0.25, -0.2) is 4.79 Å². The summed E-state index contributed by atoms with van der Waals surface area (Å²) in [4.78, 5) is 11.3. The fraction of sp³-hybridized carbons (Fsp3) is 0.375. The van der Waals surface area contributed by atoms with Gasteiger partial charge in [-0.3, -0.25) is 5.01 Å². The van der Waals surface area contributed by atoms with Gasteiger partial charge in [-0.05, 0) is 55.2 Å². The number of nitrogens with zero attached hydrogens (tertiary/aromatic N) is 3. The van der Waals surface area contributed by atoms with E-state index in [2.05, 4.69) is 0 Å². The van der Waals surface area contributed by atoms with Gasteiger partial charge >= 0.3 is 12.1 Å². The number of nitriles is 1. The van der Waals surface area contributed by atoms with E-state index in [9.17, 15) is 23.1 Å². The van der Waals surface area contributed by atoms with Gasteiger partial charge in [-0.15, -0.1) is 0 Å². The molecule has 170 valence electrons. The number of carboxylic acids is 1.